The number of aromatic nitrogens is 2. The molecule has 0 radical (unpaired) electrons. The van der Waals surface area contributed by atoms with E-state index in [0.717, 1.165) is 29.5 Å². The molecule has 0 fully saturated rings. The van der Waals surface area contributed by atoms with E-state index < -0.39 is 0 Å². The number of rotatable bonds is 6. The van der Waals surface area contributed by atoms with Crippen LogP contribution in [0.2, 0.25) is 0 Å². The Balaban J connectivity index is 2.04. The van der Waals surface area contributed by atoms with Gasteiger partial charge in [0.1, 0.15) is 0 Å². The second-order valence-electron chi connectivity index (χ2n) is 3.89. The summed E-state index contributed by atoms with van der Waals surface area (Å²) in [6.07, 6.45) is 1.05. The lowest BCUT2D eigenvalue weighted by atomic mass is 10.1. The maximum Gasteiger partial charge on any atom is 0.202 e. The number of methoxy groups -OCH3 is 1. The first-order chi connectivity index (χ1) is 8.83. The van der Waals surface area contributed by atoms with Gasteiger partial charge in [-0.05, 0) is 12.0 Å². The van der Waals surface area contributed by atoms with E-state index >= 15 is 0 Å². The summed E-state index contributed by atoms with van der Waals surface area (Å²) in [6, 6.07) is 8.38. The molecule has 1 heterocycles. The Hall–Kier alpha value is -1.46. The van der Waals surface area contributed by atoms with Crippen molar-refractivity contribution in [1.29, 1.82) is 0 Å². The molecule has 0 bridgehead atoms. The molecule has 5 heteroatoms. The molecule has 2 rings (SSSR count). The minimum absolute atomic E-state index is 0.667. The number of nitrogens with one attached hydrogen (secondary N) is 1. The van der Waals surface area contributed by atoms with Crippen LogP contribution >= 0.6 is 11.5 Å². The lowest BCUT2D eigenvalue weighted by Gasteiger charge is -1.99. The standard InChI is InChI=1S/C13H17N3OS/c1-3-10-4-6-11(7-5-10)12-15-13(18-16-12)14-8-9-17-2/h4-7H,3,8-9H2,1-2H3,(H,14,15,16). The second kappa shape index (κ2) is 6.47. The summed E-state index contributed by atoms with van der Waals surface area (Å²) in [6.45, 7) is 3.56. The van der Waals surface area contributed by atoms with Gasteiger partial charge in [0.25, 0.3) is 0 Å². The molecule has 0 aliphatic heterocycles. The van der Waals surface area contributed by atoms with Gasteiger partial charge in [0.2, 0.25) is 5.13 Å². The minimum Gasteiger partial charge on any atom is -0.383 e. The number of ether oxygens (including phenoxy) is 1. The van der Waals surface area contributed by atoms with Crippen molar-refractivity contribution in [3.8, 4) is 11.4 Å². The van der Waals surface area contributed by atoms with Gasteiger partial charge in [-0.3, -0.25) is 0 Å². The molecule has 0 spiro atoms. The smallest absolute Gasteiger partial charge is 0.202 e. The number of aryl methyl sites for hydroxylation is 1. The van der Waals surface area contributed by atoms with Crippen molar-refractivity contribution >= 4 is 16.7 Å². The quantitative estimate of drug-likeness (QED) is 0.814. The first-order valence-electron chi connectivity index (χ1n) is 5.99. The van der Waals surface area contributed by atoms with Gasteiger partial charge in [0.15, 0.2) is 5.82 Å². The summed E-state index contributed by atoms with van der Waals surface area (Å²) in [5.41, 5.74) is 2.38. The highest BCUT2D eigenvalue weighted by Gasteiger charge is 2.05. The van der Waals surface area contributed by atoms with Crippen LogP contribution in [0, 0.1) is 0 Å². The van der Waals surface area contributed by atoms with E-state index in [1.165, 1.54) is 17.1 Å². The summed E-state index contributed by atoms with van der Waals surface area (Å²) in [5.74, 6) is 0.780. The molecular formula is C13H17N3OS. The zero-order valence-electron chi connectivity index (χ0n) is 10.6. The van der Waals surface area contributed by atoms with E-state index in [9.17, 15) is 0 Å². The Morgan fingerprint density at radius 1 is 1.28 bits per heavy atom. The summed E-state index contributed by atoms with van der Waals surface area (Å²) in [7, 11) is 1.68. The zero-order valence-corrected chi connectivity index (χ0v) is 11.5. The van der Waals surface area contributed by atoms with Crippen LogP contribution in [0.1, 0.15) is 12.5 Å². The number of anilines is 1. The fourth-order valence-electron chi connectivity index (χ4n) is 1.56. The van der Waals surface area contributed by atoms with E-state index in [1.807, 2.05) is 0 Å². The number of benzene rings is 1. The van der Waals surface area contributed by atoms with Gasteiger partial charge in [-0.15, -0.1) is 0 Å². The third-order valence-electron chi connectivity index (χ3n) is 2.63. The predicted molar refractivity (Wildman–Crippen MR) is 75.1 cm³/mol. The number of nitrogens with zero attached hydrogens (tertiary/aromatic N) is 2. The van der Waals surface area contributed by atoms with Crippen LogP contribution in [0.4, 0.5) is 5.13 Å². The van der Waals surface area contributed by atoms with Crippen molar-refractivity contribution in [2.75, 3.05) is 25.6 Å². The molecule has 1 aromatic heterocycles. The molecule has 0 aliphatic carbocycles. The van der Waals surface area contributed by atoms with Crippen molar-refractivity contribution in [2.45, 2.75) is 13.3 Å². The Morgan fingerprint density at radius 2 is 2.06 bits per heavy atom. The summed E-state index contributed by atoms with van der Waals surface area (Å²) in [5, 5.41) is 4.01. The molecule has 0 atom stereocenters. The molecule has 1 aromatic carbocycles. The third kappa shape index (κ3) is 3.27. The molecule has 2 aromatic rings. The zero-order chi connectivity index (χ0) is 12.8. The maximum atomic E-state index is 4.97. The maximum absolute atomic E-state index is 4.97. The van der Waals surface area contributed by atoms with Crippen LogP contribution in [-0.2, 0) is 11.2 Å². The van der Waals surface area contributed by atoms with Crippen LogP contribution in [-0.4, -0.2) is 29.6 Å². The normalized spacial score (nSPS) is 10.6. The van der Waals surface area contributed by atoms with E-state index in [4.69, 9.17) is 4.74 Å². The molecule has 4 nitrogen and oxygen atoms in total. The Morgan fingerprint density at radius 3 is 2.72 bits per heavy atom. The van der Waals surface area contributed by atoms with Crippen LogP contribution in [0.25, 0.3) is 11.4 Å². The fraction of sp³-hybridized carbons (Fsp3) is 0.385. The van der Waals surface area contributed by atoms with Crippen LogP contribution < -0.4 is 5.32 Å². The third-order valence-corrected chi connectivity index (χ3v) is 3.30. The average Bonchev–Trinajstić information content (AvgIpc) is 2.88. The van der Waals surface area contributed by atoms with Gasteiger partial charge in [-0.2, -0.15) is 9.36 Å². The number of hydrogen-bond acceptors (Lipinski definition) is 5. The molecule has 0 unspecified atom stereocenters. The van der Waals surface area contributed by atoms with Crippen LogP contribution in [0.5, 0.6) is 0 Å². The van der Waals surface area contributed by atoms with Crippen LogP contribution in [0.15, 0.2) is 24.3 Å². The highest BCUT2D eigenvalue weighted by atomic mass is 32.1. The predicted octanol–water partition coefficient (Wildman–Crippen LogP) is 2.83. The minimum atomic E-state index is 0.667. The van der Waals surface area contributed by atoms with Crippen molar-refractivity contribution < 1.29 is 4.74 Å². The van der Waals surface area contributed by atoms with Crippen LogP contribution in [0.3, 0.4) is 0 Å². The van der Waals surface area contributed by atoms with Crippen molar-refractivity contribution in [1.82, 2.24) is 9.36 Å². The average molecular weight is 263 g/mol. The Bertz CT molecular complexity index is 481. The Labute approximate surface area is 111 Å². The molecular weight excluding hydrogens is 246 g/mol. The van der Waals surface area contributed by atoms with E-state index in [0.29, 0.717) is 6.61 Å². The lowest BCUT2D eigenvalue weighted by molar-refractivity contribution is 0.211. The van der Waals surface area contributed by atoms with Crippen molar-refractivity contribution in [3.63, 3.8) is 0 Å². The summed E-state index contributed by atoms with van der Waals surface area (Å²) in [4.78, 5) is 4.45. The molecule has 18 heavy (non-hydrogen) atoms. The summed E-state index contributed by atoms with van der Waals surface area (Å²) >= 11 is 1.38. The van der Waals surface area contributed by atoms with E-state index in [1.54, 1.807) is 7.11 Å². The van der Waals surface area contributed by atoms with Crippen molar-refractivity contribution in [2.24, 2.45) is 0 Å². The van der Waals surface area contributed by atoms with Gasteiger partial charge in [0.05, 0.1) is 6.61 Å². The first-order valence-corrected chi connectivity index (χ1v) is 6.76. The molecule has 0 amide bonds. The lowest BCUT2D eigenvalue weighted by Crippen LogP contribution is -2.06. The van der Waals surface area contributed by atoms with E-state index in [-0.39, 0.29) is 0 Å². The van der Waals surface area contributed by atoms with Gasteiger partial charge in [-0.25, -0.2) is 0 Å². The monoisotopic (exact) mass is 263 g/mol. The molecule has 0 saturated carbocycles. The number of hydrogen-bond donors (Lipinski definition) is 1. The first kappa shape index (κ1) is 13.0. The SMILES string of the molecule is CCc1ccc(-c2nsc(NCCOC)n2)cc1. The molecule has 0 saturated heterocycles. The second-order valence-corrected chi connectivity index (χ2v) is 4.65. The Kier molecular flexibility index (Phi) is 4.66. The highest BCUT2D eigenvalue weighted by molar-refractivity contribution is 7.09. The van der Waals surface area contributed by atoms with Crippen molar-refractivity contribution in [3.05, 3.63) is 29.8 Å². The molecule has 96 valence electrons. The van der Waals surface area contributed by atoms with Gasteiger partial charge in [0, 0.05) is 30.8 Å². The van der Waals surface area contributed by atoms with Gasteiger partial charge < -0.3 is 10.1 Å². The summed E-state index contributed by atoms with van der Waals surface area (Å²) < 4.78 is 9.32. The molecule has 1 N–H and O–H groups in total. The topological polar surface area (TPSA) is 47.0 Å². The van der Waals surface area contributed by atoms with Gasteiger partial charge in [-0.1, -0.05) is 31.2 Å². The van der Waals surface area contributed by atoms with E-state index in [2.05, 4.69) is 45.9 Å². The fourth-order valence-corrected chi connectivity index (χ4v) is 2.18. The van der Waals surface area contributed by atoms with Gasteiger partial charge >= 0.3 is 0 Å². The largest absolute Gasteiger partial charge is 0.383 e. The molecule has 0 aliphatic rings. The highest BCUT2D eigenvalue weighted by Crippen LogP contribution is 2.21.